The molecule has 0 atom stereocenters. The first-order valence-corrected chi connectivity index (χ1v) is 4.34. The molecule has 0 aromatic carbocycles. The number of aliphatic hydroxyl groups excluding tert-OH is 2. The summed E-state index contributed by atoms with van der Waals surface area (Å²) in [6.07, 6.45) is 4.72. The fraction of sp³-hybridized carbons (Fsp3) is 1.00. The van der Waals surface area contributed by atoms with Crippen molar-refractivity contribution in [2.45, 2.75) is 25.7 Å². The van der Waals surface area contributed by atoms with Crippen molar-refractivity contribution in [3.05, 3.63) is 0 Å². The molecule has 0 saturated carbocycles. The molecule has 0 amide bonds. The lowest BCUT2D eigenvalue weighted by atomic mass is 10.2. The van der Waals surface area contributed by atoms with E-state index in [9.17, 15) is 0 Å². The van der Waals surface area contributed by atoms with Crippen molar-refractivity contribution in [3.63, 3.8) is 0 Å². The Morgan fingerprint density at radius 1 is 0.909 bits per heavy atom. The second kappa shape index (κ2) is 9.88. The van der Waals surface area contributed by atoms with Gasteiger partial charge in [-0.25, -0.2) is 0 Å². The second-order valence-corrected chi connectivity index (χ2v) is 2.61. The molecule has 0 bridgehead atoms. The van der Waals surface area contributed by atoms with Crippen LogP contribution in [0.4, 0.5) is 0 Å². The molecule has 3 N–H and O–H groups in total. The first-order valence-electron chi connectivity index (χ1n) is 4.34. The number of nitrogens with one attached hydrogen (secondary N) is 1. The Morgan fingerprint density at radius 2 is 1.45 bits per heavy atom. The molecule has 68 valence electrons. The van der Waals surface area contributed by atoms with E-state index in [0.717, 1.165) is 0 Å². The number of aliphatic hydroxyl groups is 2. The van der Waals surface area contributed by atoms with Crippen molar-refractivity contribution in [1.29, 1.82) is 0 Å². The zero-order chi connectivity index (χ0) is 8.36. The average molecular weight is 161 g/mol. The van der Waals surface area contributed by atoms with E-state index < -0.39 is 0 Å². The minimum atomic E-state index is 0.0938. The minimum absolute atomic E-state index is 0.0938. The molecule has 0 aromatic rings. The van der Waals surface area contributed by atoms with E-state index in [4.69, 9.17) is 10.2 Å². The first kappa shape index (κ1) is 10.9. The van der Waals surface area contributed by atoms with E-state index in [0.29, 0.717) is 6.42 Å². The van der Waals surface area contributed by atoms with Gasteiger partial charge < -0.3 is 15.5 Å². The summed E-state index contributed by atoms with van der Waals surface area (Å²) in [5.41, 5.74) is 0. The predicted molar refractivity (Wildman–Crippen MR) is 45.5 cm³/mol. The summed E-state index contributed by atoms with van der Waals surface area (Å²) in [5, 5.41) is 19.1. The number of rotatable bonds is 2. The van der Waals surface area contributed by atoms with Gasteiger partial charge in [0, 0.05) is 13.2 Å². The van der Waals surface area contributed by atoms with Crippen LogP contribution in [-0.2, 0) is 0 Å². The van der Waals surface area contributed by atoms with Gasteiger partial charge in [-0.2, -0.15) is 0 Å². The Labute approximate surface area is 68.4 Å². The molecule has 0 unspecified atom stereocenters. The van der Waals surface area contributed by atoms with Gasteiger partial charge >= 0.3 is 0 Å². The van der Waals surface area contributed by atoms with Gasteiger partial charge in [-0.1, -0.05) is 6.42 Å². The van der Waals surface area contributed by atoms with Gasteiger partial charge in [-0.15, -0.1) is 0 Å². The van der Waals surface area contributed by atoms with E-state index in [-0.39, 0.29) is 13.2 Å². The Hall–Kier alpha value is -0.120. The van der Waals surface area contributed by atoms with Gasteiger partial charge in [0.25, 0.3) is 0 Å². The highest BCUT2D eigenvalue weighted by molar-refractivity contribution is 4.55. The summed E-state index contributed by atoms with van der Waals surface area (Å²) >= 11 is 0. The van der Waals surface area contributed by atoms with Gasteiger partial charge in [0.2, 0.25) is 0 Å². The predicted octanol–water partition coefficient (Wildman–Crippen LogP) is 0.121. The van der Waals surface area contributed by atoms with Gasteiger partial charge in [0.15, 0.2) is 0 Å². The van der Waals surface area contributed by atoms with Crippen molar-refractivity contribution < 1.29 is 10.2 Å². The van der Waals surface area contributed by atoms with E-state index in [1.54, 1.807) is 0 Å². The van der Waals surface area contributed by atoms with Gasteiger partial charge in [-0.3, -0.25) is 0 Å². The Balaban J connectivity index is 0.000000187. The van der Waals surface area contributed by atoms with Crippen LogP contribution in [0.3, 0.4) is 0 Å². The van der Waals surface area contributed by atoms with Crippen LogP contribution in [0.1, 0.15) is 25.7 Å². The van der Waals surface area contributed by atoms with Crippen LogP contribution in [0.5, 0.6) is 0 Å². The molecule has 0 aromatic heterocycles. The molecular weight excluding hydrogens is 142 g/mol. The highest BCUT2D eigenvalue weighted by Crippen LogP contribution is 1.96. The topological polar surface area (TPSA) is 52.5 Å². The fourth-order valence-corrected chi connectivity index (χ4v) is 0.872. The van der Waals surface area contributed by atoms with Crippen LogP contribution in [-0.4, -0.2) is 36.5 Å². The molecule has 1 saturated heterocycles. The van der Waals surface area contributed by atoms with Crippen molar-refractivity contribution in [2.24, 2.45) is 0 Å². The number of hydrogen-bond donors (Lipinski definition) is 3. The molecule has 1 fully saturated rings. The van der Waals surface area contributed by atoms with Crippen LogP contribution in [0.25, 0.3) is 0 Å². The molecule has 0 spiro atoms. The summed E-state index contributed by atoms with van der Waals surface area (Å²) < 4.78 is 0. The molecule has 11 heavy (non-hydrogen) atoms. The summed E-state index contributed by atoms with van der Waals surface area (Å²) in [4.78, 5) is 0. The van der Waals surface area contributed by atoms with Crippen molar-refractivity contribution in [1.82, 2.24) is 5.32 Å². The Bertz CT molecular complexity index is 51.6. The Morgan fingerprint density at radius 3 is 1.55 bits per heavy atom. The first-order chi connectivity index (χ1) is 5.41. The monoisotopic (exact) mass is 161 g/mol. The molecule has 0 radical (unpaired) electrons. The van der Waals surface area contributed by atoms with E-state index in [1.165, 1.54) is 32.4 Å². The maximum atomic E-state index is 7.91. The molecule has 1 heterocycles. The van der Waals surface area contributed by atoms with Crippen molar-refractivity contribution in [2.75, 3.05) is 26.3 Å². The van der Waals surface area contributed by atoms with Crippen molar-refractivity contribution >= 4 is 0 Å². The molecule has 1 aliphatic rings. The molecule has 0 aliphatic carbocycles. The fourth-order valence-electron chi connectivity index (χ4n) is 0.872. The van der Waals surface area contributed by atoms with Crippen LogP contribution in [0, 0.1) is 0 Å². The highest BCUT2D eigenvalue weighted by Gasteiger charge is 1.93. The second-order valence-electron chi connectivity index (χ2n) is 2.61. The third-order valence-electron chi connectivity index (χ3n) is 1.52. The van der Waals surface area contributed by atoms with Gasteiger partial charge in [0.1, 0.15) is 0 Å². The maximum absolute atomic E-state index is 7.91. The standard InChI is InChI=1S/C5H11N.C3H8O2/c1-2-4-6-5-3-1;4-2-1-3-5/h6H,1-5H2;4-5H,1-3H2. The molecule has 3 heteroatoms. The summed E-state index contributed by atoms with van der Waals surface area (Å²) in [6.45, 7) is 2.69. The third-order valence-corrected chi connectivity index (χ3v) is 1.52. The maximum Gasteiger partial charge on any atom is 0.0452 e. The summed E-state index contributed by atoms with van der Waals surface area (Å²) in [7, 11) is 0. The number of hydrogen-bond acceptors (Lipinski definition) is 3. The summed E-state index contributed by atoms with van der Waals surface area (Å²) in [5.74, 6) is 0. The largest absolute Gasteiger partial charge is 0.396 e. The molecular formula is C8H19NO2. The van der Waals surface area contributed by atoms with E-state index in [1.807, 2.05) is 0 Å². The average Bonchev–Trinajstić information content (AvgIpc) is 2.10. The molecule has 1 rings (SSSR count). The SMILES string of the molecule is C1CCNCC1.OCCCO. The third kappa shape index (κ3) is 9.88. The zero-order valence-corrected chi connectivity index (χ0v) is 7.05. The van der Waals surface area contributed by atoms with Crippen LogP contribution < -0.4 is 5.32 Å². The molecule has 1 aliphatic heterocycles. The normalized spacial score (nSPS) is 16.9. The van der Waals surface area contributed by atoms with E-state index >= 15 is 0 Å². The quantitative estimate of drug-likeness (QED) is 0.539. The lowest BCUT2D eigenvalue weighted by Gasteiger charge is -2.08. The van der Waals surface area contributed by atoms with Crippen LogP contribution >= 0.6 is 0 Å². The lowest BCUT2D eigenvalue weighted by molar-refractivity contribution is 0.221. The Kier molecular flexibility index (Phi) is 9.77. The van der Waals surface area contributed by atoms with E-state index in [2.05, 4.69) is 5.32 Å². The lowest BCUT2D eigenvalue weighted by Crippen LogP contribution is -2.21. The van der Waals surface area contributed by atoms with Gasteiger partial charge in [-0.05, 0) is 32.4 Å². The van der Waals surface area contributed by atoms with Crippen LogP contribution in [0.15, 0.2) is 0 Å². The number of piperidine rings is 1. The highest BCUT2D eigenvalue weighted by atomic mass is 16.3. The van der Waals surface area contributed by atoms with Gasteiger partial charge in [0.05, 0.1) is 0 Å². The van der Waals surface area contributed by atoms with Crippen LogP contribution in [0.2, 0.25) is 0 Å². The smallest absolute Gasteiger partial charge is 0.0452 e. The minimum Gasteiger partial charge on any atom is -0.396 e. The zero-order valence-electron chi connectivity index (χ0n) is 7.05. The molecule has 3 nitrogen and oxygen atoms in total. The van der Waals surface area contributed by atoms with Crippen molar-refractivity contribution in [3.8, 4) is 0 Å². The summed E-state index contributed by atoms with van der Waals surface area (Å²) in [6, 6.07) is 0.